The summed E-state index contributed by atoms with van der Waals surface area (Å²) in [6, 6.07) is 8.51. The molecule has 0 aromatic heterocycles. The van der Waals surface area contributed by atoms with Crippen LogP contribution < -0.4 is 11.1 Å². The van der Waals surface area contributed by atoms with Crippen molar-refractivity contribution in [2.75, 3.05) is 11.1 Å². The first kappa shape index (κ1) is 13.2. The highest BCUT2D eigenvalue weighted by Crippen LogP contribution is 2.32. The molecular weight excluding hydrogens is 319 g/mol. The van der Waals surface area contributed by atoms with E-state index in [4.69, 9.17) is 17.3 Å². The van der Waals surface area contributed by atoms with E-state index in [9.17, 15) is 4.39 Å². The van der Waals surface area contributed by atoms with Gasteiger partial charge in [0, 0.05) is 10.5 Å². The fourth-order valence-corrected chi connectivity index (χ4v) is 2.07. The number of anilines is 3. The van der Waals surface area contributed by atoms with E-state index in [1.54, 1.807) is 0 Å². The molecule has 2 nitrogen and oxygen atoms in total. The fourth-order valence-electron chi connectivity index (χ4n) is 1.55. The lowest BCUT2D eigenvalue weighted by molar-refractivity contribution is 0.629. The van der Waals surface area contributed by atoms with Crippen molar-refractivity contribution in [2.45, 2.75) is 6.92 Å². The molecule has 0 bridgehead atoms. The summed E-state index contributed by atoms with van der Waals surface area (Å²) in [4.78, 5) is 0. The van der Waals surface area contributed by atoms with Gasteiger partial charge in [-0.05, 0) is 46.6 Å². The summed E-state index contributed by atoms with van der Waals surface area (Å²) in [6.07, 6.45) is 0. The average molecular weight is 330 g/mol. The molecule has 0 unspecified atom stereocenters. The van der Waals surface area contributed by atoms with Crippen LogP contribution in [-0.2, 0) is 0 Å². The first-order valence-corrected chi connectivity index (χ1v) is 6.42. The quantitative estimate of drug-likeness (QED) is 0.771. The smallest absolute Gasteiger partial charge is 0.144 e. The lowest BCUT2D eigenvalue weighted by Crippen LogP contribution is -1.98. The van der Waals surface area contributed by atoms with Crippen molar-refractivity contribution in [1.82, 2.24) is 0 Å². The molecule has 0 saturated carbocycles. The Morgan fingerprint density at radius 2 is 1.94 bits per heavy atom. The normalized spacial score (nSPS) is 10.4. The van der Waals surface area contributed by atoms with Crippen LogP contribution in [0.2, 0.25) is 5.02 Å². The molecule has 0 amide bonds. The molecule has 0 radical (unpaired) electrons. The molecule has 5 heteroatoms. The van der Waals surface area contributed by atoms with Crippen LogP contribution in [0, 0.1) is 12.7 Å². The van der Waals surface area contributed by atoms with Crippen LogP contribution in [0.1, 0.15) is 5.56 Å². The van der Waals surface area contributed by atoms with E-state index in [1.165, 1.54) is 12.1 Å². The lowest BCUT2D eigenvalue weighted by Gasteiger charge is -2.12. The molecule has 0 fully saturated rings. The molecule has 0 aliphatic heterocycles. The molecule has 94 valence electrons. The molecule has 0 atom stereocenters. The minimum absolute atomic E-state index is 0.0151. The fraction of sp³-hybridized carbons (Fsp3) is 0.0769. The van der Waals surface area contributed by atoms with E-state index in [0.717, 1.165) is 15.7 Å². The van der Waals surface area contributed by atoms with Gasteiger partial charge in [0.15, 0.2) is 0 Å². The van der Waals surface area contributed by atoms with E-state index >= 15 is 0 Å². The van der Waals surface area contributed by atoms with Gasteiger partial charge < -0.3 is 11.1 Å². The molecule has 0 aliphatic carbocycles. The third-order valence-electron chi connectivity index (χ3n) is 2.48. The van der Waals surface area contributed by atoms with Gasteiger partial charge in [0.25, 0.3) is 0 Å². The molecule has 0 heterocycles. The SMILES string of the molecule is Cc1ccc(Br)c(Nc2cc(F)c(Cl)cc2N)c1. The number of benzene rings is 2. The van der Waals surface area contributed by atoms with Crippen molar-refractivity contribution in [1.29, 1.82) is 0 Å². The molecule has 2 rings (SSSR count). The summed E-state index contributed by atoms with van der Waals surface area (Å²) >= 11 is 9.08. The predicted octanol–water partition coefficient (Wildman–Crippen LogP) is 4.88. The number of halogens is 3. The number of nitrogens with one attached hydrogen (secondary N) is 1. The van der Waals surface area contributed by atoms with Crippen LogP contribution in [0.4, 0.5) is 21.5 Å². The number of aryl methyl sites for hydroxylation is 1. The van der Waals surface area contributed by atoms with E-state index in [2.05, 4.69) is 21.2 Å². The first-order chi connectivity index (χ1) is 8.47. The molecule has 0 aliphatic rings. The zero-order valence-corrected chi connectivity index (χ0v) is 11.9. The Balaban J connectivity index is 2.40. The van der Waals surface area contributed by atoms with Crippen LogP contribution in [0.5, 0.6) is 0 Å². The van der Waals surface area contributed by atoms with Gasteiger partial charge in [-0.15, -0.1) is 0 Å². The monoisotopic (exact) mass is 328 g/mol. The van der Waals surface area contributed by atoms with Crippen molar-refractivity contribution >= 4 is 44.6 Å². The Kier molecular flexibility index (Phi) is 3.78. The second-order valence-electron chi connectivity index (χ2n) is 3.96. The van der Waals surface area contributed by atoms with Gasteiger partial charge in [0.2, 0.25) is 0 Å². The van der Waals surface area contributed by atoms with Crippen LogP contribution in [0.3, 0.4) is 0 Å². The molecule has 2 aromatic carbocycles. The minimum atomic E-state index is -0.503. The number of hydrogen-bond acceptors (Lipinski definition) is 2. The summed E-state index contributed by atoms with van der Waals surface area (Å²) in [5, 5.41) is 3.09. The second kappa shape index (κ2) is 5.16. The number of nitrogens with two attached hydrogens (primary N) is 1. The maximum Gasteiger partial charge on any atom is 0.144 e. The predicted molar refractivity (Wildman–Crippen MR) is 78.0 cm³/mol. The third kappa shape index (κ3) is 2.76. The largest absolute Gasteiger partial charge is 0.397 e. The standard InChI is InChI=1S/C13H11BrClFN2/c1-7-2-3-8(14)12(4-7)18-13-6-10(16)9(15)5-11(13)17/h2-6,18H,17H2,1H3. The van der Waals surface area contributed by atoms with Crippen molar-refractivity contribution in [2.24, 2.45) is 0 Å². The van der Waals surface area contributed by atoms with Crippen molar-refractivity contribution in [3.8, 4) is 0 Å². The van der Waals surface area contributed by atoms with E-state index in [1.807, 2.05) is 25.1 Å². The Hall–Kier alpha value is -1.26. The average Bonchev–Trinajstić information content (AvgIpc) is 2.30. The van der Waals surface area contributed by atoms with E-state index in [-0.39, 0.29) is 5.02 Å². The number of rotatable bonds is 2. The van der Waals surface area contributed by atoms with E-state index in [0.29, 0.717) is 11.4 Å². The van der Waals surface area contributed by atoms with Crippen molar-refractivity contribution < 1.29 is 4.39 Å². The Morgan fingerprint density at radius 1 is 1.22 bits per heavy atom. The summed E-state index contributed by atoms with van der Waals surface area (Å²) in [5.41, 5.74) is 8.60. The van der Waals surface area contributed by atoms with E-state index < -0.39 is 5.82 Å². The van der Waals surface area contributed by atoms with Gasteiger partial charge in [-0.25, -0.2) is 4.39 Å². The van der Waals surface area contributed by atoms with Crippen molar-refractivity contribution in [3.63, 3.8) is 0 Å². The molecule has 0 spiro atoms. The highest BCUT2D eigenvalue weighted by Gasteiger charge is 2.08. The Morgan fingerprint density at radius 3 is 2.67 bits per heavy atom. The maximum atomic E-state index is 13.4. The molecule has 2 aromatic rings. The number of hydrogen-bond donors (Lipinski definition) is 2. The number of nitrogen functional groups attached to an aromatic ring is 1. The summed E-state index contributed by atoms with van der Waals surface area (Å²) in [6.45, 7) is 1.98. The minimum Gasteiger partial charge on any atom is -0.397 e. The highest BCUT2D eigenvalue weighted by molar-refractivity contribution is 9.10. The van der Waals surface area contributed by atoms with Crippen LogP contribution in [0.15, 0.2) is 34.8 Å². The topological polar surface area (TPSA) is 38.0 Å². The molecule has 3 N–H and O–H groups in total. The Bertz CT molecular complexity index is 602. The zero-order valence-electron chi connectivity index (χ0n) is 9.60. The van der Waals surface area contributed by atoms with Gasteiger partial charge >= 0.3 is 0 Å². The lowest BCUT2D eigenvalue weighted by atomic mass is 10.2. The van der Waals surface area contributed by atoms with Gasteiger partial charge in [-0.2, -0.15) is 0 Å². The molecule has 18 heavy (non-hydrogen) atoms. The molecular formula is C13H11BrClFN2. The third-order valence-corrected chi connectivity index (χ3v) is 3.46. The van der Waals surface area contributed by atoms with Crippen LogP contribution >= 0.6 is 27.5 Å². The zero-order chi connectivity index (χ0) is 13.3. The van der Waals surface area contributed by atoms with Crippen LogP contribution in [0.25, 0.3) is 0 Å². The Labute approximate surface area is 118 Å². The molecule has 0 saturated heterocycles. The first-order valence-electron chi connectivity index (χ1n) is 5.25. The summed E-state index contributed by atoms with van der Waals surface area (Å²) < 4.78 is 14.3. The summed E-state index contributed by atoms with van der Waals surface area (Å²) in [5.74, 6) is -0.503. The maximum absolute atomic E-state index is 13.4. The van der Waals surface area contributed by atoms with Gasteiger partial charge in [-0.1, -0.05) is 17.7 Å². The second-order valence-corrected chi connectivity index (χ2v) is 5.22. The van der Waals surface area contributed by atoms with Crippen LogP contribution in [-0.4, -0.2) is 0 Å². The van der Waals surface area contributed by atoms with Gasteiger partial charge in [0.1, 0.15) is 5.82 Å². The van der Waals surface area contributed by atoms with Gasteiger partial charge in [-0.3, -0.25) is 0 Å². The van der Waals surface area contributed by atoms with Crippen molar-refractivity contribution in [3.05, 3.63) is 51.2 Å². The van der Waals surface area contributed by atoms with Gasteiger partial charge in [0.05, 0.1) is 22.1 Å². The summed E-state index contributed by atoms with van der Waals surface area (Å²) in [7, 11) is 0. The highest BCUT2D eigenvalue weighted by atomic mass is 79.9.